The van der Waals surface area contributed by atoms with Crippen LogP contribution in [0.3, 0.4) is 0 Å². The first-order valence-corrected chi connectivity index (χ1v) is 5.25. The number of anilines is 1. The van der Waals surface area contributed by atoms with Crippen LogP contribution in [-0.2, 0) is 14.3 Å². The third-order valence-corrected chi connectivity index (χ3v) is 1.96. The maximum atomic E-state index is 11.4. The number of hydrogen-bond acceptors (Lipinski definition) is 4. The summed E-state index contributed by atoms with van der Waals surface area (Å²) in [5, 5.41) is 2.59. The number of nitrogens with one attached hydrogen (secondary N) is 1. The predicted octanol–water partition coefficient (Wildman–Crippen LogP) is 1.59. The number of carbonyl (C=O) groups excluding carboxylic acids is 2. The topological polar surface area (TPSA) is 64.6 Å². The van der Waals surface area contributed by atoms with Crippen molar-refractivity contribution in [1.82, 2.24) is 0 Å². The summed E-state index contributed by atoms with van der Waals surface area (Å²) in [7, 11) is 1.54. The minimum atomic E-state index is -0.534. The lowest BCUT2D eigenvalue weighted by molar-refractivity contribution is -0.145. The Balaban J connectivity index is 2.52. The molecule has 1 aromatic carbocycles. The van der Waals surface area contributed by atoms with E-state index >= 15 is 0 Å². The van der Waals surface area contributed by atoms with E-state index in [1.807, 2.05) is 0 Å². The molecule has 0 saturated heterocycles. The fourth-order valence-electron chi connectivity index (χ4n) is 1.25. The molecule has 0 atom stereocenters. The first-order valence-electron chi connectivity index (χ1n) is 5.25. The van der Waals surface area contributed by atoms with Gasteiger partial charge in [0.2, 0.25) is 5.91 Å². The lowest BCUT2D eigenvalue weighted by atomic mass is 10.3. The van der Waals surface area contributed by atoms with Crippen molar-refractivity contribution in [2.45, 2.75) is 13.3 Å². The van der Waals surface area contributed by atoms with E-state index in [1.54, 1.807) is 38.3 Å². The highest BCUT2D eigenvalue weighted by Gasteiger charge is 2.10. The number of amides is 1. The summed E-state index contributed by atoms with van der Waals surface area (Å²) in [5.74, 6) is -0.302. The molecule has 0 fully saturated rings. The van der Waals surface area contributed by atoms with Gasteiger partial charge in [0.15, 0.2) is 0 Å². The highest BCUT2D eigenvalue weighted by Crippen LogP contribution is 2.16. The molecule has 0 saturated carbocycles. The van der Waals surface area contributed by atoms with Crippen LogP contribution in [0.1, 0.15) is 13.3 Å². The van der Waals surface area contributed by atoms with Crippen LogP contribution < -0.4 is 10.1 Å². The van der Waals surface area contributed by atoms with Gasteiger partial charge in [0, 0.05) is 11.8 Å². The molecule has 0 aromatic heterocycles. The molecule has 1 N–H and O–H groups in total. The largest absolute Gasteiger partial charge is 0.497 e. The predicted molar refractivity (Wildman–Crippen MR) is 62.9 cm³/mol. The Labute approximate surface area is 99.7 Å². The average molecular weight is 237 g/mol. The smallest absolute Gasteiger partial charge is 0.315 e. The van der Waals surface area contributed by atoms with Crippen molar-refractivity contribution in [1.29, 1.82) is 0 Å². The van der Waals surface area contributed by atoms with Crippen molar-refractivity contribution >= 4 is 17.6 Å². The monoisotopic (exact) mass is 237 g/mol. The van der Waals surface area contributed by atoms with Crippen LogP contribution >= 0.6 is 0 Å². The molecule has 1 amide bonds. The number of esters is 1. The number of benzene rings is 1. The molecule has 0 spiro atoms. The molecule has 5 nitrogen and oxygen atoms in total. The number of carbonyl (C=O) groups is 2. The summed E-state index contributed by atoms with van der Waals surface area (Å²) < 4.78 is 9.68. The lowest BCUT2D eigenvalue weighted by Crippen LogP contribution is -2.18. The molecule has 17 heavy (non-hydrogen) atoms. The fraction of sp³-hybridized carbons (Fsp3) is 0.333. The summed E-state index contributed by atoms with van der Waals surface area (Å²) >= 11 is 0. The minimum Gasteiger partial charge on any atom is -0.497 e. The van der Waals surface area contributed by atoms with Crippen molar-refractivity contribution in [3.63, 3.8) is 0 Å². The highest BCUT2D eigenvalue weighted by atomic mass is 16.5. The van der Waals surface area contributed by atoms with Gasteiger partial charge in [0.25, 0.3) is 0 Å². The fourth-order valence-corrected chi connectivity index (χ4v) is 1.25. The molecule has 92 valence electrons. The van der Waals surface area contributed by atoms with E-state index in [0.717, 1.165) is 0 Å². The molecule has 0 aliphatic rings. The van der Waals surface area contributed by atoms with Crippen molar-refractivity contribution in [3.05, 3.63) is 24.3 Å². The second kappa shape index (κ2) is 6.52. The van der Waals surface area contributed by atoms with Crippen LogP contribution in [0.5, 0.6) is 5.75 Å². The Morgan fingerprint density at radius 1 is 1.35 bits per heavy atom. The third-order valence-electron chi connectivity index (χ3n) is 1.96. The van der Waals surface area contributed by atoms with Gasteiger partial charge < -0.3 is 14.8 Å². The lowest BCUT2D eigenvalue weighted by Gasteiger charge is -2.06. The Bertz CT molecular complexity index is 403. The van der Waals surface area contributed by atoms with E-state index in [0.29, 0.717) is 11.4 Å². The van der Waals surface area contributed by atoms with Gasteiger partial charge in [0.1, 0.15) is 12.2 Å². The highest BCUT2D eigenvalue weighted by molar-refractivity contribution is 6.01. The van der Waals surface area contributed by atoms with Crippen molar-refractivity contribution < 1.29 is 19.1 Å². The summed E-state index contributed by atoms with van der Waals surface area (Å²) in [6.45, 7) is 1.96. The van der Waals surface area contributed by atoms with Gasteiger partial charge in [-0.05, 0) is 19.1 Å². The summed E-state index contributed by atoms with van der Waals surface area (Å²) in [6, 6.07) is 6.90. The maximum Gasteiger partial charge on any atom is 0.315 e. The number of rotatable bonds is 5. The maximum absolute atomic E-state index is 11.4. The van der Waals surface area contributed by atoms with Gasteiger partial charge in [-0.25, -0.2) is 0 Å². The molecule has 0 heterocycles. The number of hydrogen-bond donors (Lipinski definition) is 1. The van der Waals surface area contributed by atoms with Crippen LogP contribution in [0, 0.1) is 0 Å². The van der Waals surface area contributed by atoms with Gasteiger partial charge in [-0.15, -0.1) is 0 Å². The van der Waals surface area contributed by atoms with Crippen LogP contribution in [0.15, 0.2) is 24.3 Å². The van der Waals surface area contributed by atoms with E-state index in [1.165, 1.54) is 0 Å². The van der Waals surface area contributed by atoms with Crippen LogP contribution in [-0.4, -0.2) is 25.6 Å². The van der Waals surface area contributed by atoms with Crippen LogP contribution in [0.2, 0.25) is 0 Å². The zero-order valence-corrected chi connectivity index (χ0v) is 9.86. The zero-order valence-electron chi connectivity index (χ0n) is 9.86. The second-order valence-electron chi connectivity index (χ2n) is 3.26. The van der Waals surface area contributed by atoms with Gasteiger partial charge in [-0.3, -0.25) is 9.59 Å². The molecule has 0 bridgehead atoms. The Kier molecular flexibility index (Phi) is 5.00. The van der Waals surface area contributed by atoms with E-state index in [2.05, 4.69) is 10.1 Å². The summed E-state index contributed by atoms with van der Waals surface area (Å²) in [5.41, 5.74) is 0.582. The van der Waals surface area contributed by atoms with Crippen molar-refractivity contribution in [3.8, 4) is 5.75 Å². The molecule has 0 aliphatic heterocycles. The van der Waals surface area contributed by atoms with Crippen LogP contribution in [0.25, 0.3) is 0 Å². The third kappa shape index (κ3) is 4.55. The van der Waals surface area contributed by atoms with Crippen LogP contribution in [0.4, 0.5) is 5.69 Å². The molecular weight excluding hydrogens is 222 g/mol. The van der Waals surface area contributed by atoms with Crippen molar-refractivity contribution in [2.24, 2.45) is 0 Å². The van der Waals surface area contributed by atoms with Gasteiger partial charge >= 0.3 is 5.97 Å². The molecule has 1 rings (SSSR count). The average Bonchev–Trinajstić information content (AvgIpc) is 2.29. The Morgan fingerprint density at radius 3 is 2.76 bits per heavy atom. The normalized spacial score (nSPS) is 9.53. The zero-order chi connectivity index (χ0) is 12.7. The SMILES string of the molecule is CCOC(=O)CC(=O)Nc1cccc(OC)c1. The first-order chi connectivity index (χ1) is 8.15. The van der Waals surface area contributed by atoms with E-state index in [-0.39, 0.29) is 13.0 Å². The van der Waals surface area contributed by atoms with Gasteiger partial charge in [-0.2, -0.15) is 0 Å². The minimum absolute atomic E-state index is 0.269. The van der Waals surface area contributed by atoms with E-state index in [4.69, 9.17) is 4.74 Å². The molecular formula is C12H15NO4. The number of methoxy groups -OCH3 is 1. The number of ether oxygens (including phenoxy) is 2. The van der Waals surface area contributed by atoms with Gasteiger partial charge in [-0.1, -0.05) is 6.07 Å². The summed E-state index contributed by atoms with van der Waals surface area (Å²) in [6.07, 6.45) is -0.287. The first kappa shape index (κ1) is 13.0. The van der Waals surface area contributed by atoms with Crippen molar-refractivity contribution in [2.75, 3.05) is 19.0 Å². The molecule has 0 aliphatic carbocycles. The van der Waals surface area contributed by atoms with E-state index in [9.17, 15) is 9.59 Å². The summed E-state index contributed by atoms with van der Waals surface area (Å²) in [4.78, 5) is 22.5. The van der Waals surface area contributed by atoms with Gasteiger partial charge in [0.05, 0.1) is 13.7 Å². The molecule has 0 radical (unpaired) electrons. The molecule has 5 heteroatoms. The quantitative estimate of drug-likeness (QED) is 0.624. The van der Waals surface area contributed by atoms with E-state index < -0.39 is 11.9 Å². The Hall–Kier alpha value is -2.04. The Morgan fingerprint density at radius 2 is 2.12 bits per heavy atom. The standard InChI is InChI=1S/C12H15NO4/c1-3-17-12(15)8-11(14)13-9-5-4-6-10(7-9)16-2/h4-7H,3,8H2,1-2H3,(H,13,14). The molecule has 0 unspecified atom stereocenters. The molecule has 1 aromatic rings. The second-order valence-corrected chi connectivity index (χ2v) is 3.26.